The molecule has 0 heterocycles. The Morgan fingerprint density at radius 1 is 1.00 bits per heavy atom. The van der Waals surface area contributed by atoms with Crippen molar-refractivity contribution in [2.45, 2.75) is 32.1 Å². The molecule has 0 spiro atoms. The summed E-state index contributed by atoms with van der Waals surface area (Å²) in [4.78, 5) is 0. The Morgan fingerprint density at radius 2 is 1.50 bits per heavy atom. The molecule has 1 fully saturated rings. The van der Waals surface area contributed by atoms with Crippen molar-refractivity contribution in [2.24, 2.45) is 0 Å². The van der Waals surface area contributed by atoms with Crippen molar-refractivity contribution in [1.82, 2.24) is 0 Å². The summed E-state index contributed by atoms with van der Waals surface area (Å²) in [6.45, 7) is 3.91. The van der Waals surface area contributed by atoms with E-state index in [2.05, 4.69) is 6.58 Å². The van der Waals surface area contributed by atoms with E-state index in [-0.39, 0.29) is 37.7 Å². The molecule has 1 saturated carbocycles. The van der Waals surface area contributed by atoms with Crippen molar-refractivity contribution < 1.29 is 37.7 Å². The van der Waals surface area contributed by atoms with Crippen LogP contribution in [0.5, 0.6) is 0 Å². The van der Waals surface area contributed by atoms with Crippen LogP contribution in [0.25, 0.3) is 0 Å². The Morgan fingerprint density at radius 3 is 1.75 bits per heavy atom. The summed E-state index contributed by atoms with van der Waals surface area (Å²) < 4.78 is 0. The van der Waals surface area contributed by atoms with Gasteiger partial charge >= 0.3 is 0 Å². The predicted octanol–water partition coefficient (Wildman–Crippen LogP) is 2.51. The molecule has 0 aromatic carbocycles. The molecule has 0 aromatic heterocycles. The molecule has 0 radical (unpaired) electrons. The Kier molecular flexibility index (Phi) is 5.44. The van der Waals surface area contributed by atoms with E-state index in [0.29, 0.717) is 0 Å². The minimum atomic E-state index is 0. The number of allylic oxidation sites excluding steroid dienone is 1. The third-order valence-corrected chi connectivity index (χ3v) is 1.56. The number of hydrogen-bond donors (Lipinski definition) is 0. The first-order chi connectivity index (χ1) is 3.39. The third-order valence-electron chi connectivity index (χ3n) is 1.56. The van der Waals surface area contributed by atoms with Crippen molar-refractivity contribution in [3.05, 3.63) is 12.2 Å². The fourth-order valence-corrected chi connectivity index (χ4v) is 1.05. The molecule has 1 rings (SSSR count). The van der Waals surface area contributed by atoms with E-state index in [0.717, 1.165) is 0 Å². The SMILES string of the molecule is C=C1CCCCC1.[Ar]. The van der Waals surface area contributed by atoms with E-state index in [1.165, 1.54) is 37.7 Å². The summed E-state index contributed by atoms with van der Waals surface area (Å²) >= 11 is 0. The second-order valence-corrected chi connectivity index (χ2v) is 2.31. The molecule has 0 saturated heterocycles. The first-order valence-corrected chi connectivity index (χ1v) is 3.06. The van der Waals surface area contributed by atoms with Crippen LogP contribution in [-0.4, -0.2) is 0 Å². The van der Waals surface area contributed by atoms with E-state index in [1.807, 2.05) is 0 Å². The molecule has 0 nitrogen and oxygen atoms in total. The fourth-order valence-electron chi connectivity index (χ4n) is 1.05. The van der Waals surface area contributed by atoms with Gasteiger partial charge in [0.1, 0.15) is 0 Å². The molecule has 0 aliphatic heterocycles. The maximum Gasteiger partial charge on any atom is 0 e. The van der Waals surface area contributed by atoms with E-state index in [4.69, 9.17) is 0 Å². The maximum atomic E-state index is 3.91. The van der Waals surface area contributed by atoms with Gasteiger partial charge in [-0.15, -0.1) is 0 Å². The molecule has 0 N–H and O–H groups in total. The number of hydrogen-bond acceptors (Lipinski definition) is 0. The van der Waals surface area contributed by atoms with Crippen LogP contribution in [0.4, 0.5) is 0 Å². The molecule has 0 unspecified atom stereocenters. The van der Waals surface area contributed by atoms with Crippen LogP contribution in [0.1, 0.15) is 32.1 Å². The van der Waals surface area contributed by atoms with E-state index in [9.17, 15) is 0 Å². The van der Waals surface area contributed by atoms with Crippen molar-refractivity contribution >= 4 is 0 Å². The summed E-state index contributed by atoms with van der Waals surface area (Å²) in [5.74, 6) is 0. The van der Waals surface area contributed by atoms with Crippen LogP contribution in [0.15, 0.2) is 12.2 Å². The van der Waals surface area contributed by atoms with Gasteiger partial charge in [-0.3, -0.25) is 0 Å². The quantitative estimate of drug-likeness (QED) is 0.449. The monoisotopic (exact) mass is 136 g/mol. The molecular formula is C7H12Ar. The van der Waals surface area contributed by atoms with Gasteiger partial charge in [-0.25, -0.2) is 0 Å². The summed E-state index contributed by atoms with van der Waals surface area (Å²) in [5, 5.41) is 0. The molecular weight excluding hydrogens is 124 g/mol. The maximum absolute atomic E-state index is 3.91. The average Bonchev–Trinajstić information content (AvgIpc) is 1.69. The minimum absolute atomic E-state index is 0. The van der Waals surface area contributed by atoms with Crippen LogP contribution in [0, 0.1) is 37.7 Å². The van der Waals surface area contributed by atoms with Crippen molar-refractivity contribution in [3.63, 3.8) is 0 Å². The van der Waals surface area contributed by atoms with E-state index in [1.54, 1.807) is 0 Å². The summed E-state index contributed by atoms with van der Waals surface area (Å²) in [7, 11) is 0. The van der Waals surface area contributed by atoms with Gasteiger partial charge in [-0.1, -0.05) is 18.6 Å². The zero-order valence-electron chi connectivity index (χ0n) is 5.10. The smallest absolute Gasteiger partial charge is 0 e. The molecule has 0 bridgehead atoms. The average molecular weight is 136 g/mol. The first kappa shape index (κ1) is 9.00. The Hall–Kier alpha value is 1.000. The van der Waals surface area contributed by atoms with Gasteiger partial charge in [0.05, 0.1) is 0 Å². The van der Waals surface area contributed by atoms with Gasteiger partial charge in [0.2, 0.25) is 0 Å². The van der Waals surface area contributed by atoms with Gasteiger partial charge < -0.3 is 0 Å². The molecule has 0 atom stereocenters. The van der Waals surface area contributed by atoms with Gasteiger partial charge in [-0.2, -0.15) is 0 Å². The van der Waals surface area contributed by atoms with Gasteiger partial charge in [0, 0.05) is 37.7 Å². The predicted molar refractivity (Wildman–Crippen MR) is 32.2 cm³/mol. The zero-order chi connectivity index (χ0) is 5.11. The van der Waals surface area contributed by atoms with Crippen LogP contribution >= 0.6 is 0 Å². The Labute approximate surface area is 81.3 Å². The van der Waals surface area contributed by atoms with E-state index >= 15 is 0 Å². The standard InChI is InChI=1S/C7H12.Ar/c1-7-5-3-2-4-6-7;/h1-6H2;. The third kappa shape index (κ3) is 3.11. The van der Waals surface area contributed by atoms with E-state index < -0.39 is 0 Å². The molecule has 0 amide bonds. The normalized spacial score (nSPS) is 19.8. The van der Waals surface area contributed by atoms with Crippen LogP contribution in [0.3, 0.4) is 0 Å². The second-order valence-electron chi connectivity index (χ2n) is 2.31. The summed E-state index contributed by atoms with van der Waals surface area (Å²) in [6.07, 6.45) is 6.79. The number of rotatable bonds is 0. The van der Waals surface area contributed by atoms with Crippen molar-refractivity contribution in [1.29, 1.82) is 0 Å². The molecule has 0 aromatic rings. The minimum Gasteiger partial charge on any atom is -0.0999 e. The molecule has 1 aliphatic rings. The van der Waals surface area contributed by atoms with Crippen LogP contribution in [0.2, 0.25) is 0 Å². The Balaban J connectivity index is 0.000000490. The Bertz CT molecular complexity index is 68.5. The largest absolute Gasteiger partial charge is 0.0999 e. The van der Waals surface area contributed by atoms with Crippen molar-refractivity contribution in [2.75, 3.05) is 0 Å². The first-order valence-electron chi connectivity index (χ1n) is 3.06. The molecule has 1 heteroatoms. The molecule has 8 heavy (non-hydrogen) atoms. The fraction of sp³-hybridized carbons (Fsp3) is 0.714. The van der Waals surface area contributed by atoms with Crippen LogP contribution in [-0.2, 0) is 0 Å². The summed E-state index contributed by atoms with van der Waals surface area (Å²) in [6, 6.07) is 0. The second kappa shape index (κ2) is 4.84. The molecule has 48 valence electrons. The topological polar surface area (TPSA) is 0 Å². The van der Waals surface area contributed by atoms with Crippen molar-refractivity contribution in [3.8, 4) is 0 Å². The van der Waals surface area contributed by atoms with Gasteiger partial charge in [-0.05, 0) is 25.7 Å². The summed E-state index contributed by atoms with van der Waals surface area (Å²) in [5.41, 5.74) is 1.46. The zero-order valence-corrected chi connectivity index (χ0v) is 5.80. The van der Waals surface area contributed by atoms with Gasteiger partial charge in [0.25, 0.3) is 0 Å². The van der Waals surface area contributed by atoms with Gasteiger partial charge in [0.15, 0.2) is 0 Å². The van der Waals surface area contributed by atoms with Crippen LogP contribution < -0.4 is 0 Å². The molecule has 1 aliphatic carbocycles.